The fourth-order valence-electron chi connectivity index (χ4n) is 4.59. The number of thiocarbonyl (C=S) groups is 1. The van der Waals surface area contributed by atoms with Crippen molar-refractivity contribution in [1.29, 1.82) is 0 Å². The van der Waals surface area contributed by atoms with E-state index in [0.717, 1.165) is 41.7 Å². The Hall–Kier alpha value is -2.87. The summed E-state index contributed by atoms with van der Waals surface area (Å²) >= 11 is 5.64. The number of nitrogens with zero attached hydrogens (tertiary/aromatic N) is 3. The van der Waals surface area contributed by atoms with Gasteiger partial charge in [0.25, 0.3) is 0 Å². The average molecular weight is 459 g/mol. The summed E-state index contributed by atoms with van der Waals surface area (Å²) in [6.07, 6.45) is -1.81. The number of aromatic nitrogens is 2. The van der Waals surface area contributed by atoms with E-state index in [1.807, 2.05) is 38.1 Å². The smallest absolute Gasteiger partial charge is 0.352 e. The van der Waals surface area contributed by atoms with Gasteiger partial charge in [-0.05, 0) is 68.4 Å². The van der Waals surface area contributed by atoms with Crippen molar-refractivity contribution >= 4 is 17.3 Å². The minimum atomic E-state index is -4.44. The molecule has 3 heterocycles. The van der Waals surface area contributed by atoms with Crippen LogP contribution in [0.25, 0.3) is 5.69 Å². The number of pyridine rings is 1. The highest BCUT2D eigenvalue weighted by Crippen LogP contribution is 2.42. The molecule has 0 amide bonds. The van der Waals surface area contributed by atoms with E-state index in [1.165, 1.54) is 12.1 Å². The van der Waals surface area contributed by atoms with Gasteiger partial charge in [-0.3, -0.25) is 4.98 Å². The van der Waals surface area contributed by atoms with Gasteiger partial charge in [-0.15, -0.1) is 0 Å². The predicted molar refractivity (Wildman–Crippen MR) is 123 cm³/mol. The Bertz CT molecular complexity index is 1120. The maximum atomic E-state index is 13.7. The number of halogens is 3. The second-order valence-electron chi connectivity index (χ2n) is 8.00. The lowest BCUT2D eigenvalue weighted by Crippen LogP contribution is -2.30. The normalized spacial score (nSPS) is 18.8. The average Bonchev–Trinajstić information content (AvgIpc) is 3.24. The van der Waals surface area contributed by atoms with E-state index in [0.29, 0.717) is 5.11 Å². The molecule has 32 heavy (non-hydrogen) atoms. The molecule has 0 bridgehead atoms. The summed E-state index contributed by atoms with van der Waals surface area (Å²) in [5, 5.41) is 4.02. The molecule has 1 aromatic carbocycles. The summed E-state index contributed by atoms with van der Waals surface area (Å²) in [7, 11) is 0. The molecule has 4 nitrogen and oxygen atoms in total. The number of alkyl halides is 3. The zero-order valence-electron chi connectivity index (χ0n) is 18.1. The Kier molecular flexibility index (Phi) is 5.99. The van der Waals surface area contributed by atoms with Crippen LogP contribution in [0.1, 0.15) is 53.6 Å². The molecule has 2 atom stereocenters. The molecule has 1 N–H and O–H groups in total. The van der Waals surface area contributed by atoms with Gasteiger partial charge in [0.15, 0.2) is 5.11 Å². The molecule has 4 rings (SSSR count). The lowest BCUT2D eigenvalue weighted by molar-refractivity contribution is -0.137. The van der Waals surface area contributed by atoms with Gasteiger partial charge in [0, 0.05) is 24.1 Å². The first kappa shape index (κ1) is 22.3. The maximum absolute atomic E-state index is 13.7. The fraction of sp³-hybridized carbons (Fsp3) is 0.333. The Morgan fingerprint density at radius 3 is 2.47 bits per heavy atom. The molecule has 3 aromatic rings. The minimum Gasteiger partial charge on any atom is -0.352 e. The van der Waals surface area contributed by atoms with Gasteiger partial charge in [-0.1, -0.05) is 25.1 Å². The van der Waals surface area contributed by atoms with Gasteiger partial charge < -0.3 is 14.8 Å². The molecule has 1 aliphatic heterocycles. The topological polar surface area (TPSA) is 33.1 Å². The minimum absolute atomic E-state index is 0.131. The van der Waals surface area contributed by atoms with Crippen LogP contribution in [-0.2, 0) is 6.18 Å². The van der Waals surface area contributed by atoms with E-state index in [1.54, 1.807) is 16.8 Å². The van der Waals surface area contributed by atoms with Crippen LogP contribution in [0.15, 0.2) is 54.7 Å². The van der Waals surface area contributed by atoms with Crippen LogP contribution in [0.2, 0.25) is 0 Å². The van der Waals surface area contributed by atoms with Gasteiger partial charge in [-0.2, -0.15) is 13.2 Å². The summed E-state index contributed by atoms with van der Waals surface area (Å²) in [5.41, 5.74) is 2.77. The SMILES string of the molecule is CCCN1C(=S)NC(c2ccccn2)C1c1cc(C)n(-c2ccccc2C(F)(F)F)c1C. The summed E-state index contributed by atoms with van der Waals surface area (Å²) in [4.78, 5) is 6.65. The number of hydrogen-bond donors (Lipinski definition) is 1. The van der Waals surface area contributed by atoms with E-state index < -0.39 is 11.7 Å². The molecule has 1 saturated heterocycles. The molecule has 2 unspecified atom stereocenters. The molecular formula is C24H25F3N4S. The van der Waals surface area contributed by atoms with Gasteiger partial charge >= 0.3 is 6.18 Å². The molecule has 1 fully saturated rings. The second kappa shape index (κ2) is 8.58. The monoisotopic (exact) mass is 458 g/mol. The van der Waals surface area contributed by atoms with Crippen molar-refractivity contribution in [2.75, 3.05) is 6.54 Å². The highest BCUT2D eigenvalue weighted by molar-refractivity contribution is 7.80. The van der Waals surface area contributed by atoms with Crippen molar-refractivity contribution in [3.8, 4) is 5.69 Å². The highest BCUT2D eigenvalue weighted by Gasteiger charge is 2.41. The lowest BCUT2D eigenvalue weighted by atomic mass is 9.96. The molecule has 168 valence electrons. The largest absolute Gasteiger partial charge is 0.418 e. The van der Waals surface area contributed by atoms with Crippen LogP contribution >= 0.6 is 12.2 Å². The lowest BCUT2D eigenvalue weighted by Gasteiger charge is -2.28. The third-order valence-corrected chi connectivity index (χ3v) is 6.25. The van der Waals surface area contributed by atoms with Gasteiger partial charge in [0.1, 0.15) is 0 Å². The van der Waals surface area contributed by atoms with Crippen LogP contribution in [-0.4, -0.2) is 26.1 Å². The van der Waals surface area contributed by atoms with Gasteiger partial charge in [-0.25, -0.2) is 0 Å². The Morgan fingerprint density at radius 1 is 1.09 bits per heavy atom. The molecule has 2 aromatic heterocycles. The second-order valence-corrected chi connectivity index (χ2v) is 8.38. The summed E-state index contributed by atoms with van der Waals surface area (Å²) in [5.74, 6) is 0. The molecule has 8 heteroatoms. The van der Waals surface area contributed by atoms with E-state index in [9.17, 15) is 13.2 Å². The number of nitrogens with one attached hydrogen (secondary N) is 1. The standard InChI is InChI=1S/C24H25F3N4S/c1-4-13-30-22(21(29-23(30)32)19-10-7-8-12-28-19)17-14-15(2)31(16(17)3)20-11-6-5-9-18(20)24(25,26)27/h5-12,14,21-22H,4,13H2,1-3H3,(H,29,32). The number of aryl methyl sites for hydroxylation is 1. The van der Waals surface area contributed by atoms with Gasteiger partial charge in [0.05, 0.1) is 29.0 Å². The Balaban J connectivity index is 1.87. The molecule has 1 aliphatic rings. The van der Waals surface area contributed by atoms with Crippen molar-refractivity contribution in [2.24, 2.45) is 0 Å². The molecule has 0 saturated carbocycles. The number of hydrogen-bond acceptors (Lipinski definition) is 2. The highest BCUT2D eigenvalue weighted by atomic mass is 32.1. The zero-order valence-corrected chi connectivity index (χ0v) is 19.0. The van der Waals surface area contributed by atoms with E-state index in [-0.39, 0.29) is 17.8 Å². The van der Waals surface area contributed by atoms with E-state index in [4.69, 9.17) is 12.2 Å². The van der Waals surface area contributed by atoms with Crippen molar-refractivity contribution in [3.05, 3.63) is 82.9 Å². The molecule has 0 spiro atoms. The van der Waals surface area contributed by atoms with Crippen LogP contribution in [0.4, 0.5) is 13.2 Å². The molecule has 0 aliphatic carbocycles. The molecular weight excluding hydrogens is 433 g/mol. The van der Waals surface area contributed by atoms with E-state index in [2.05, 4.69) is 22.1 Å². The van der Waals surface area contributed by atoms with E-state index >= 15 is 0 Å². The van der Waals surface area contributed by atoms with Crippen LogP contribution in [0.3, 0.4) is 0 Å². The predicted octanol–water partition coefficient (Wildman–Crippen LogP) is 5.89. The maximum Gasteiger partial charge on any atom is 0.418 e. The van der Waals surface area contributed by atoms with Crippen LogP contribution in [0.5, 0.6) is 0 Å². The Labute approximate surface area is 191 Å². The first-order valence-corrected chi connectivity index (χ1v) is 11.0. The fourth-order valence-corrected chi connectivity index (χ4v) is 4.92. The number of benzene rings is 1. The Morgan fingerprint density at radius 2 is 1.81 bits per heavy atom. The summed E-state index contributed by atoms with van der Waals surface area (Å²) < 4.78 is 42.9. The quantitative estimate of drug-likeness (QED) is 0.484. The van der Waals surface area contributed by atoms with Crippen molar-refractivity contribution in [2.45, 2.75) is 45.5 Å². The van der Waals surface area contributed by atoms with Crippen LogP contribution in [0, 0.1) is 13.8 Å². The van der Waals surface area contributed by atoms with Crippen molar-refractivity contribution in [3.63, 3.8) is 0 Å². The zero-order chi connectivity index (χ0) is 23.0. The third-order valence-electron chi connectivity index (χ3n) is 5.90. The van der Waals surface area contributed by atoms with Gasteiger partial charge in [0.2, 0.25) is 0 Å². The third kappa shape index (κ3) is 3.88. The van der Waals surface area contributed by atoms with Crippen molar-refractivity contribution < 1.29 is 13.2 Å². The summed E-state index contributed by atoms with van der Waals surface area (Å²) in [6.45, 7) is 6.53. The number of para-hydroxylation sites is 1. The first-order chi connectivity index (χ1) is 15.2. The first-order valence-electron chi connectivity index (χ1n) is 10.6. The molecule has 0 radical (unpaired) electrons. The van der Waals surface area contributed by atoms with Crippen LogP contribution < -0.4 is 5.32 Å². The summed E-state index contributed by atoms with van der Waals surface area (Å²) in [6, 6.07) is 13.0. The number of rotatable bonds is 5. The van der Waals surface area contributed by atoms with Crippen molar-refractivity contribution in [1.82, 2.24) is 19.8 Å².